The number of nitrogens with one attached hydrogen (secondary N) is 2. The van der Waals surface area contributed by atoms with Gasteiger partial charge in [-0.2, -0.15) is 10.4 Å². The molecule has 0 radical (unpaired) electrons. The number of primary amides is 1. The van der Waals surface area contributed by atoms with E-state index in [0.717, 1.165) is 0 Å². The number of nitrogens with zero attached hydrogens (tertiary/aromatic N) is 4. The molecular weight excluding hydrogens is 477 g/mol. The lowest BCUT2D eigenvalue weighted by atomic mass is 10.0. The monoisotopic (exact) mass is 501 g/mol. The van der Waals surface area contributed by atoms with E-state index in [1.165, 1.54) is 26.2 Å². The smallest absolute Gasteiger partial charge is 0.255 e. The lowest BCUT2D eigenvalue weighted by Gasteiger charge is -2.22. The van der Waals surface area contributed by atoms with Crippen LogP contribution in [0.2, 0.25) is 0 Å². The Labute approximate surface area is 211 Å². The number of carbonyl (C=O) groups is 2. The number of benzene rings is 1. The average molecular weight is 502 g/mol. The minimum absolute atomic E-state index is 0.131. The molecule has 3 heterocycles. The van der Waals surface area contributed by atoms with Gasteiger partial charge < -0.3 is 21.5 Å². The number of fused-ring (bicyclic) bond motifs is 1. The third-order valence-electron chi connectivity index (χ3n) is 5.70. The second-order valence-corrected chi connectivity index (χ2v) is 8.92. The second kappa shape index (κ2) is 10.0. The number of aliphatic hydroxyl groups is 1. The third kappa shape index (κ3) is 5.55. The Hall–Kier alpha value is -4.82. The van der Waals surface area contributed by atoms with Crippen molar-refractivity contribution in [2.24, 2.45) is 5.73 Å². The molecule has 3 aromatic heterocycles. The van der Waals surface area contributed by atoms with Gasteiger partial charge in [0.05, 0.1) is 52.1 Å². The lowest BCUT2D eigenvalue weighted by Crippen LogP contribution is -2.42. The first-order valence-corrected chi connectivity index (χ1v) is 11.3. The number of pyridine rings is 1. The van der Waals surface area contributed by atoms with E-state index in [1.54, 1.807) is 53.0 Å². The fraction of sp³-hybridized carbons (Fsp3) is 0.192. The summed E-state index contributed by atoms with van der Waals surface area (Å²) >= 11 is 0. The molecule has 37 heavy (non-hydrogen) atoms. The van der Waals surface area contributed by atoms with Crippen molar-refractivity contribution in [1.82, 2.24) is 19.9 Å². The zero-order chi connectivity index (χ0) is 26.7. The van der Waals surface area contributed by atoms with Crippen molar-refractivity contribution in [2.75, 3.05) is 11.9 Å². The third-order valence-corrected chi connectivity index (χ3v) is 5.70. The van der Waals surface area contributed by atoms with Gasteiger partial charge in [-0.15, -0.1) is 0 Å². The summed E-state index contributed by atoms with van der Waals surface area (Å²) in [5.74, 6) is -1.17. The highest BCUT2D eigenvalue weighted by molar-refractivity contribution is 6.00. The molecule has 11 heteroatoms. The molecule has 0 fully saturated rings. The predicted molar refractivity (Wildman–Crippen MR) is 135 cm³/mol. The van der Waals surface area contributed by atoms with Crippen LogP contribution in [-0.2, 0) is 0 Å². The van der Waals surface area contributed by atoms with E-state index < -0.39 is 30.1 Å². The Morgan fingerprint density at radius 2 is 1.92 bits per heavy atom. The summed E-state index contributed by atoms with van der Waals surface area (Å²) in [6.07, 6.45) is 1.11. The fourth-order valence-corrected chi connectivity index (χ4v) is 3.53. The van der Waals surface area contributed by atoms with Gasteiger partial charge in [0.25, 0.3) is 5.91 Å². The van der Waals surface area contributed by atoms with E-state index in [4.69, 9.17) is 11.0 Å². The molecule has 4 rings (SSSR count). The Morgan fingerprint density at radius 3 is 2.57 bits per heavy atom. The molecule has 5 N–H and O–H groups in total. The lowest BCUT2D eigenvalue weighted by molar-refractivity contribution is -0.00177. The van der Waals surface area contributed by atoms with Crippen LogP contribution in [0.25, 0.3) is 16.9 Å². The van der Waals surface area contributed by atoms with E-state index in [2.05, 4.69) is 20.7 Å². The van der Waals surface area contributed by atoms with Gasteiger partial charge in [0.1, 0.15) is 12.2 Å². The summed E-state index contributed by atoms with van der Waals surface area (Å²) in [6.45, 7) is 2.24. The first-order valence-electron chi connectivity index (χ1n) is 11.3. The van der Waals surface area contributed by atoms with Crippen molar-refractivity contribution in [3.8, 4) is 17.5 Å². The van der Waals surface area contributed by atoms with Crippen molar-refractivity contribution < 1.29 is 19.1 Å². The van der Waals surface area contributed by atoms with E-state index in [9.17, 15) is 19.1 Å². The largest absolute Gasteiger partial charge is 0.387 e. The van der Waals surface area contributed by atoms with Crippen LogP contribution < -0.4 is 16.4 Å². The molecule has 1 unspecified atom stereocenters. The summed E-state index contributed by atoms with van der Waals surface area (Å²) in [6, 6.07) is 15.3. The molecule has 0 aliphatic heterocycles. The van der Waals surface area contributed by atoms with Crippen molar-refractivity contribution in [3.05, 3.63) is 77.6 Å². The molecule has 0 spiro atoms. The van der Waals surface area contributed by atoms with Crippen LogP contribution in [-0.4, -0.2) is 49.8 Å². The van der Waals surface area contributed by atoms with Gasteiger partial charge in [-0.3, -0.25) is 14.6 Å². The normalized spacial score (nSPS) is 12.1. The topological polar surface area (TPSA) is 158 Å². The number of hydrogen-bond donors (Lipinski definition) is 4. The quantitative estimate of drug-likeness (QED) is 0.289. The molecule has 0 bridgehead atoms. The van der Waals surface area contributed by atoms with Gasteiger partial charge in [0.15, 0.2) is 0 Å². The number of alkyl halides is 1. The summed E-state index contributed by atoms with van der Waals surface area (Å²) in [7, 11) is 0. The maximum atomic E-state index is 14.2. The first-order chi connectivity index (χ1) is 17.6. The van der Waals surface area contributed by atoms with Crippen LogP contribution in [0.1, 0.15) is 40.1 Å². The molecule has 0 aliphatic carbocycles. The van der Waals surface area contributed by atoms with Gasteiger partial charge >= 0.3 is 0 Å². The molecule has 1 atom stereocenters. The van der Waals surface area contributed by atoms with E-state index in [1.807, 2.05) is 6.07 Å². The molecule has 0 aliphatic rings. The Bertz CT molecular complexity index is 1520. The number of amides is 2. The van der Waals surface area contributed by atoms with Crippen LogP contribution in [0, 0.1) is 11.3 Å². The maximum Gasteiger partial charge on any atom is 0.255 e. The fourth-order valence-electron chi connectivity index (χ4n) is 3.53. The summed E-state index contributed by atoms with van der Waals surface area (Å²) in [4.78, 5) is 28.8. The van der Waals surface area contributed by atoms with Crippen LogP contribution in [0.4, 0.5) is 15.8 Å². The van der Waals surface area contributed by atoms with Crippen molar-refractivity contribution in [2.45, 2.75) is 25.6 Å². The number of hydrogen-bond acceptors (Lipinski definition) is 7. The summed E-state index contributed by atoms with van der Waals surface area (Å²) in [5.41, 5.74) is 7.26. The standard InChI is InChI=1S/C26H24FN7O3/c1-26(2,37)23(27)14-31-25(36)19-13-30-21(22-8-7-18-9-15(11-28)12-32-34(18)22)10-20(19)33-17-5-3-16(4-6-17)24(29)35/h3-10,12-13,23,37H,14H2,1-2H3,(H2,29,35)(H,30,33)(H,31,36). The first kappa shape index (κ1) is 25.3. The summed E-state index contributed by atoms with van der Waals surface area (Å²) in [5, 5.41) is 28.9. The van der Waals surface area contributed by atoms with E-state index >= 15 is 0 Å². The Kier molecular flexibility index (Phi) is 6.86. The maximum absolute atomic E-state index is 14.2. The van der Waals surface area contributed by atoms with Crippen molar-refractivity contribution >= 4 is 28.7 Å². The number of carbonyl (C=O) groups excluding carboxylic acids is 2. The molecule has 0 saturated heterocycles. The second-order valence-electron chi connectivity index (χ2n) is 8.92. The average Bonchev–Trinajstić information content (AvgIpc) is 3.30. The zero-order valence-corrected chi connectivity index (χ0v) is 20.1. The number of nitriles is 1. The number of anilines is 2. The highest BCUT2D eigenvalue weighted by Crippen LogP contribution is 2.28. The van der Waals surface area contributed by atoms with Gasteiger partial charge in [-0.1, -0.05) is 0 Å². The van der Waals surface area contributed by atoms with Gasteiger partial charge in [0, 0.05) is 17.4 Å². The number of rotatable bonds is 8. The van der Waals surface area contributed by atoms with Crippen LogP contribution in [0.3, 0.4) is 0 Å². The van der Waals surface area contributed by atoms with Crippen LogP contribution >= 0.6 is 0 Å². The highest BCUT2D eigenvalue weighted by atomic mass is 19.1. The minimum atomic E-state index is -1.68. The number of nitrogens with two attached hydrogens (primary N) is 1. The molecule has 188 valence electrons. The SMILES string of the molecule is CC(C)(O)C(F)CNC(=O)c1cnc(-c2ccc3cc(C#N)cnn23)cc1Nc1ccc(C(N)=O)cc1. The highest BCUT2D eigenvalue weighted by Gasteiger charge is 2.27. The minimum Gasteiger partial charge on any atom is -0.387 e. The van der Waals surface area contributed by atoms with Gasteiger partial charge in [-0.25, -0.2) is 8.91 Å². The zero-order valence-electron chi connectivity index (χ0n) is 20.1. The molecule has 0 saturated carbocycles. The summed E-state index contributed by atoms with van der Waals surface area (Å²) < 4.78 is 15.8. The Balaban J connectivity index is 1.71. The number of halogens is 1. The molecule has 2 amide bonds. The predicted octanol–water partition coefficient (Wildman–Crippen LogP) is 2.95. The van der Waals surface area contributed by atoms with Gasteiger partial charge in [-0.05, 0) is 62.4 Å². The molecule has 1 aromatic carbocycles. The molecule has 4 aromatic rings. The van der Waals surface area contributed by atoms with Crippen molar-refractivity contribution in [1.29, 1.82) is 5.26 Å². The van der Waals surface area contributed by atoms with Crippen LogP contribution in [0.15, 0.2) is 60.9 Å². The molecule has 10 nitrogen and oxygen atoms in total. The molecular formula is C26H24FN7O3. The van der Waals surface area contributed by atoms with E-state index in [0.29, 0.717) is 39.4 Å². The Morgan fingerprint density at radius 1 is 1.19 bits per heavy atom. The van der Waals surface area contributed by atoms with Gasteiger partial charge in [0.2, 0.25) is 5.91 Å². The van der Waals surface area contributed by atoms with Crippen LogP contribution in [0.5, 0.6) is 0 Å². The van der Waals surface area contributed by atoms with Crippen molar-refractivity contribution in [3.63, 3.8) is 0 Å². The van der Waals surface area contributed by atoms with E-state index in [-0.39, 0.29) is 5.56 Å². The number of aromatic nitrogens is 3.